The van der Waals surface area contributed by atoms with Crippen molar-refractivity contribution in [3.63, 3.8) is 0 Å². The van der Waals surface area contributed by atoms with Gasteiger partial charge < -0.3 is 24.8 Å². The summed E-state index contributed by atoms with van der Waals surface area (Å²) in [6, 6.07) is 5.80. The van der Waals surface area contributed by atoms with Gasteiger partial charge in [-0.05, 0) is 57.2 Å². The minimum atomic E-state index is -0.528. The minimum absolute atomic E-state index is 0.0563. The van der Waals surface area contributed by atoms with Crippen LogP contribution in [0, 0.1) is 0 Å². The molecule has 1 aromatic rings. The van der Waals surface area contributed by atoms with Gasteiger partial charge in [0.2, 0.25) is 0 Å². The van der Waals surface area contributed by atoms with Crippen molar-refractivity contribution in [3.05, 3.63) is 23.8 Å². The van der Waals surface area contributed by atoms with E-state index in [1.807, 2.05) is 18.2 Å². The normalized spacial score (nSPS) is 13.2. The number of hydrogen-bond donors (Lipinski definition) is 2. The highest BCUT2D eigenvalue weighted by atomic mass is 16.5. The molecule has 5 heteroatoms. The SMILES string of the molecule is COc1ccc(OCC(O)CNCCCN(C)C)c(C(C)(C)C)c1. The highest BCUT2D eigenvalue weighted by Gasteiger charge is 2.20. The van der Waals surface area contributed by atoms with Gasteiger partial charge in [0.1, 0.15) is 24.2 Å². The van der Waals surface area contributed by atoms with Gasteiger partial charge in [0.25, 0.3) is 0 Å². The van der Waals surface area contributed by atoms with Gasteiger partial charge in [-0.15, -0.1) is 0 Å². The number of hydrogen-bond acceptors (Lipinski definition) is 5. The van der Waals surface area contributed by atoms with Crippen LogP contribution in [0.1, 0.15) is 32.8 Å². The molecule has 0 fully saturated rings. The first-order valence-electron chi connectivity index (χ1n) is 8.59. The molecule has 1 unspecified atom stereocenters. The van der Waals surface area contributed by atoms with E-state index in [1.54, 1.807) is 7.11 Å². The first kappa shape index (κ1) is 20.7. The van der Waals surface area contributed by atoms with Crippen LogP contribution < -0.4 is 14.8 Å². The highest BCUT2D eigenvalue weighted by Crippen LogP contribution is 2.34. The van der Waals surface area contributed by atoms with Gasteiger partial charge >= 0.3 is 0 Å². The number of benzene rings is 1. The van der Waals surface area contributed by atoms with Crippen molar-refractivity contribution < 1.29 is 14.6 Å². The Kier molecular flexibility index (Phi) is 8.53. The summed E-state index contributed by atoms with van der Waals surface area (Å²) in [6.45, 7) is 9.15. The number of rotatable bonds is 10. The zero-order valence-electron chi connectivity index (χ0n) is 16.1. The van der Waals surface area contributed by atoms with Crippen LogP contribution in [0.5, 0.6) is 11.5 Å². The zero-order valence-corrected chi connectivity index (χ0v) is 16.1. The lowest BCUT2D eigenvalue weighted by Gasteiger charge is -2.24. The molecule has 0 saturated heterocycles. The number of aliphatic hydroxyl groups excluding tert-OH is 1. The Labute approximate surface area is 147 Å². The number of nitrogens with one attached hydrogen (secondary N) is 1. The summed E-state index contributed by atoms with van der Waals surface area (Å²) in [4.78, 5) is 2.15. The number of nitrogens with zero attached hydrogens (tertiary/aromatic N) is 1. The number of ether oxygens (including phenoxy) is 2. The van der Waals surface area contributed by atoms with E-state index in [4.69, 9.17) is 9.47 Å². The van der Waals surface area contributed by atoms with Crippen LogP contribution >= 0.6 is 0 Å². The molecule has 2 N–H and O–H groups in total. The fraction of sp³-hybridized carbons (Fsp3) is 0.684. The van der Waals surface area contributed by atoms with Crippen molar-refractivity contribution in [2.75, 3.05) is 47.4 Å². The van der Waals surface area contributed by atoms with Crippen LogP contribution in [0.2, 0.25) is 0 Å². The molecule has 1 aromatic carbocycles. The average Bonchev–Trinajstić information content (AvgIpc) is 2.51. The van der Waals surface area contributed by atoms with E-state index < -0.39 is 6.10 Å². The van der Waals surface area contributed by atoms with Gasteiger partial charge in [0, 0.05) is 12.1 Å². The van der Waals surface area contributed by atoms with E-state index in [-0.39, 0.29) is 12.0 Å². The predicted octanol–water partition coefficient (Wildman–Crippen LogP) is 2.27. The second-order valence-corrected chi connectivity index (χ2v) is 7.44. The Morgan fingerprint density at radius 2 is 1.96 bits per heavy atom. The monoisotopic (exact) mass is 338 g/mol. The summed E-state index contributed by atoms with van der Waals surface area (Å²) in [5.74, 6) is 1.62. The molecule has 0 aromatic heterocycles. The first-order valence-corrected chi connectivity index (χ1v) is 8.59. The van der Waals surface area contributed by atoms with Crippen molar-refractivity contribution in [1.82, 2.24) is 10.2 Å². The summed E-state index contributed by atoms with van der Waals surface area (Å²) < 4.78 is 11.2. The Balaban J connectivity index is 2.49. The zero-order chi connectivity index (χ0) is 18.2. The summed E-state index contributed by atoms with van der Waals surface area (Å²) in [5, 5.41) is 13.4. The molecule has 0 amide bonds. The fourth-order valence-corrected chi connectivity index (χ4v) is 2.38. The molecule has 24 heavy (non-hydrogen) atoms. The summed E-state index contributed by atoms with van der Waals surface area (Å²) in [5.41, 5.74) is 1.02. The van der Waals surface area contributed by atoms with E-state index in [1.165, 1.54) is 0 Å². The van der Waals surface area contributed by atoms with Gasteiger partial charge in [-0.25, -0.2) is 0 Å². The molecule has 0 aliphatic heterocycles. The van der Waals surface area contributed by atoms with Crippen LogP contribution in [-0.4, -0.2) is 63.6 Å². The number of aliphatic hydroxyl groups is 1. The standard InChI is InChI=1S/C19H34N2O3/c1-19(2,3)17-12-16(23-6)8-9-18(17)24-14-15(22)13-20-10-7-11-21(4)5/h8-9,12,15,20,22H,7,10-11,13-14H2,1-6H3. The molecule has 0 spiro atoms. The van der Waals surface area contributed by atoms with Crippen LogP contribution in [0.4, 0.5) is 0 Å². The third-order valence-corrected chi connectivity index (χ3v) is 3.76. The summed E-state index contributed by atoms with van der Waals surface area (Å²) in [6.07, 6.45) is 0.534. The maximum Gasteiger partial charge on any atom is 0.123 e. The van der Waals surface area contributed by atoms with Crippen LogP contribution in [0.25, 0.3) is 0 Å². The molecule has 1 rings (SSSR count). The Hall–Kier alpha value is -1.30. The molecule has 0 bridgehead atoms. The minimum Gasteiger partial charge on any atom is -0.497 e. The van der Waals surface area contributed by atoms with Crippen LogP contribution in [0.15, 0.2) is 18.2 Å². The van der Waals surface area contributed by atoms with Crippen molar-refractivity contribution in [2.24, 2.45) is 0 Å². The fourth-order valence-electron chi connectivity index (χ4n) is 2.38. The lowest BCUT2D eigenvalue weighted by molar-refractivity contribution is 0.105. The third-order valence-electron chi connectivity index (χ3n) is 3.76. The maximum absolute atomic E-state index is 10.1. The molecular formula is C19H34N2O3. The second-order valence-electron chi connectivity index (χ2n) is 7.44. The molecule has 0 aliphatic carbocycles. The number of methoxy groups -OCH3 is 1. The predicted molar refractivity (Wildman–Crippen MR) is 99.2 cm³/mol. The molecule has 5 nitrogen and oxygen atoms in total. The van der Waals surface area contributed by atoms with Gasteiger partial charge in [0.15, 0.2) is 0 Å². The van der Waals surface area contributed by atoms with Crippen molar-refractivity contribution in [3.8, 4) is 11.5 Å². The van der Waals surface area contributed by atoms with Crippen LogP contribution in [-0.2, 0) is 5.41 Å². The average molecular weight is 338 g/mol. The van der Waals surface area contributed by atoms with E-state index in [2.05, 4.69) is 45.1 Å². The highest BCUT2D eigenvalue weighted by molar-refractivity contribution is 5.44. The van der Waals surface area contributed by atoms with E-state index >= 15 is 0 Å². The summed E-state index contributed by atoms with van der Waals surface area (Å²) >= 11 is 0. The lowest BCUT2D eigenvalue weighted by Crippen LogP contribution is -2.33. The molecule has 138 valence electrons. The largest absolute Gasteiger partial charge is 0.497 e. The van der Waals surface area contributed by atoms with Crippen molar-refractivity contribution in [1.29, 1.82) is 0 Å². The third kappa shape index (κ3) is 7.51. The van der Waals surface area contributed by atoms with Crippen molar-refractivity contribution >= 4 is 0 Å². The molecule has 0 heterocycles. The Morgan fingerprint density at radius 1 is 1.25 bits per heavy atom. The van der Waals surface area contributed by atoms with E-state index in [9.17, 15) is 5.11 Å². The molecular weight excluding hydrogens is 304 g/mol. The molecule has 0 radical (unpaired) electrons. The van der Waals surface area contributed by atoms with Gasteiger partial charge in [-0.2, -0.15) is 0 Å². The lowest BCUT2D eigenvalue weighted by atomic mass is 9.86. The maximum atomic E-state index is 10.1. The molecule has 1 atom stereocenters. The summed E-state index contributed by atoms with van der Waals surface area (Å²) in [7, 11) is 5.78. The topological polar surface area (TPSA) is 54.0 Å². The van der Waals surface area contributed by atoms with E-state index in [0.29, 0.717) is 6.54 Å². The smallest absolute Gasteiger partial charge is 0.123 e. The Bertz CT molecular complexity index is 484. The van der Waals surface area contributed by atoms with Gasteiger partial charge in [-0.3, -0.25) is 0 Å². The quantitative estimate of drug-likeness (QED) is 0.641. The van der Waals surface area contributed by atoms with Gasteiger partial charge in [0.05, 0.1) is 7.11 Å². The van der Waals surface area contributed by atoms with Crippen LogP contribution in [0.3, 0.4) is 0 Å². The van der Waals surface area contributed by atoms with E-state index in [0.717, 1.165) is 36.6 Å². The Morgan fingerprint density at radius 3 is 2.54 bits per heavy atom. The van der Waals surface area contributed by atoms with Gasteiger partial charge in [-0.1, -0.05) is 20.8 Å². The second kappa shape index (κ2) is 9.87. The first-order chi connectivity index (χ1) is 11.2. The molecule has 0 saturated carbocycles. The van der Waals surface area contributed by atoms with Crippen molar-refractivity contribution in [2.45, 2.75) is 38.7 Å². The molecule has 0 aliphatic rings.